The highest BCUT2D eigenvalue weighted by atomic mass is 127. The molecular weight excluding hydrogens is 413 g/mol. The molecule has 0 amide bonds. The van der Waals surface area contributed by atoms with E-state index >= 15 is 0 Å². The SMILES string of the molecule is CCNC(=NCc1ccccn1)NCCN(C)c1ccccc1.I. The third kappa shape index (κ3) is 7.16. The zero-order chi connectivity index (χ0) is 16.3. The average Bonchev–Trinajstić information content (AvgIpc) is 2.61. The molecule has 24 heavy (non-hydrogen) atoms. The molecule has 1 aromatic heterocycles. The van der Waals surface area contributed by atoms with E-state index in [9.17, 15) is 0 Å². The van der Waals surface area contributed by atoms with Gasteiger partial charge in [0.15, 0.2) is 5.96 Å². The summed E-state index contributed by atoms with van der Waals surface area (Å²) in [5.41, 5.74) is 2.18. The molecule has 6 heteroatoms. The van der Waals surface area contributed by atoms with Gasteiger partial charge in [-0.15, -0.1) is 24.0 Å². The number of aromatic nitrogens is 1. The number of guanidine groups is 1. The lowest BCUT2D eigenvalue weighted by Crippen LogP contribution is -2.41. The predicted molar refractivity (Wildman–Crippen MR) is 112 cm³/mol. The van der Waals surface area contributed by atoms with Crippen LogP contribution >= 0.6 is 24.0 Å². The third-order valence-electron chi connectivity index (χ3n) is 3.41. The number of benzene rings is 1. The van der Waals surface area contributed by atoms with Crippen LogP contribution in [0, 0.1) is 0 Å². The summed E-state index contributed by atoms with van der Waals surface area (Å²) in [6.07, 6.45) is 1.79. The second-order valence-electron chi connectivity index (χ2n) is 5.20. The third-order valence-corrected chi connectivity index (χ3v) is 3.41. The molecule has 0 spiro atoms. The number of pyridine rings is 1. The molecular formula is C18H26IN5. The molecule has 0 atom stereocenters. The first-order valence-corrected chi connectivity index (χ1v) is 7.98. The van der Waals surface area contributed by atoms with Gasteiger partial charge in [-0.2, -0.15) is 0 Å². The minimum atomic E-state index is 0. The van der Waals surface area contributed by atoms with Crippen molar-refractivity contribution in [2.24, 2.45) is 4.99 Å². The van der Waals surface area contributed by atoms with E-state index in [1.165, 1.54) is 5.69 Å². The lowest BCUT2D eigenvalue weighted by molar-refractivity contribution is 0.778. The topological polar surface area (TPSA) is 52.6 Å². The summed E-state index contributed by atoms with van der Waals surface area (Å²) < 4.78 is 0. The molecule has 1 heterocycles. The highest BCUT2D eigenvalue weighted by molar-refractivity contribution is 14.0. The lowest BCUT2D eigenvalue weighted by atomic mass is 10.3. The summed E-state index contributed by atoms with van der Waals surface area (Å²) in [7, 11) is 2.09. The Labute approximate surface area is 161 Å². The smallest absolute Gasteiger partial charge is 0.191 e. The molecule has 5 nitrogen and oxygen atoms in total. The molecule has 0 saturated heterocycles. The average molecular weight is 439 g/mol. The van der Waals surface area contributed by atoms with Crippen LogP contribution in [0.3, 0.4) is 0 Å². The Morgan fingerprint density at radius 2 is 1.83 bits per heavy atom. The fourth-order valence-electron chi connectivity index (χ4n) is 2.15. The maximum atomic E-state index is 4.57. The summed E-state index contributed by atoms with van der Waals surface area (Å²) in [4.78, 5) is 11.1. The molecule has 1 aromatic carbocycles. The van der Waals surface area contributed by atoms with Crippen molar-refractivity contribution in [3.63, 3.8) is 0 Å². The number of hydrogen-bond donors (Lipinski definition) is 2. The normalized spacial score (nSPS) is 10.7. The van der Waals surface area contributed by atoms with Crippen molar-refractivity contribution in [2.75, 3.05) is 31.6 Å². The van der Waals surface area contributed by atoms with Crippen LogP contribution in [0.4, 0.5) is 5.69 Å². The first kappa shape index (κ1) is 20.2. The number of halogens is 1. The van der Waals surface area contributed by atoms with Gasteiger partial charge in [-0.1, -0.05) is 24.3 Å². The van der Waals surface area contributed by atoms with Crippen LogP contribution in [0.1, 0.15) is 12.6 Å². The minimum absolute atomic E-state index is 0. The number of aliphatic imine (C=N–C) groups is 1. The van der Waals surface area contributed by atoms with Crippen molar-refractivity contribution in [1.82, 2.24) is 15.6 Å². The van der Waals surface area contributed by atoms with Crippen LogP contribution in [0.5, 0.6) is 0 Å². The Morgan fingerprint density at radius 3 is 2.50 bits per heavy atom. The highest BCUT2D eigenvalue weighted by Gasteiger charge is 2.01. The Hall–Kier alpha value is -1.83. The number of para-hydroxylation sites is 1. The Bertz CT molecular complexity index is 589. The zero-order valence-corrected chi connectivity index (χ0v) is 16.6. The zero-order valence-electron chi connectivity index (χ0n) is 14.3. The molecule has 0 aliphatic rings. The van der Waals surface area contributed by atoms with Crippen molar-refractivity contribution in [3.05, 3.63) is 60.4 Å². The van der Waals surface area contributed by atoms with Gasteiger partial charge in [0.1, 0.15) is 0 Å². The van der Waals surface area contributed by atoms with Crippen LogP contribution in [-0.4, -0.2) is 37.6 Å². The van der Waals surface area contributed by atoms with Crippen LogP contribution in [0.15, 0.2) is 59.7 Å². The Kier molecular flexibility index (Phi) is 9.83. The fourth-order valence-corrected chi connectivity index (χ4v) is 2.15. The summed E-state index contributed by atoms with van der Waals surface area (Å²) in [5, 5.41) is 6.62. The van der Waals surface area contributed by atoms with E-state index in [2.05, 4.69) is 63.7 Å². The van der Waals surface area contributed by atoms with E-state index in [4.69, 9.17) is 0 Å². The van der Waals surface area contributed by atoms with Gasteiger partial charge < -0.3 is 15.5 Å². The summed E-state index contributed by atoms with van der Waals surface area (Å²) in [5.74, 6) is 0.819. The van der Waals surface area contributed by atoms with Crippen molar-refractivity contribution in [2.45, 2.75) is 13.5 Å². The number of nitrogens with one attached hydrogen (secondary N) is 2. The van der Waals surface area contributed by atoms with E-state index in [0.717, 1.165) is 31.3 Å². The second kappa shape index (κ2) is 11.7. The van der Waals surface area contributed by atoms with Crippen molar-refractivity contribution < 1.29 is 0 Å². The van der Waals surface area contributed by atoms with E-state index in [0.29, 0.717) is 6.54 Å². The fraction of sp³-hybridized carbons (Fsp3) is 0.333. The number of hydrogen-bond acceptors (Lipinski definition) is 3. The quantitative estimate of drug-likeness (QED) is 0.396. The molecule has 0 unspecified atom stereocenters. The molecule has 0 saturated carbocycles. The van der Waals surface area contributed by atoms with Gasteiger partial charge >= 0.3 is 0 Å². The Balaban J connectivity index is 0.00000288. The van der Waals surface area contributed by atoms with E-state index < -0.39 is 0 Å². The van der Waals surface area contributed by atoms with Crippen LogP contribution < -0.4 is 15.5 Å². The van der Waals surface area contributed by atoms with Gasteiger partial charge in [0.25, 0.3) is 0 Å². The lowest BCUT2D eigenvalue weighted by Gasteiger charge is -2.20. The van der Waals surface area contributed by atoms with Crippen LogP contribution in [0.2, 0.25) is 0 Å². The number of nitrogens with zero attached hydrogens (tertiary/aromatic N) is 3. The van der Waals surface area contributed by atoms with E-state index in [-0.39, 0.29) is 24.0 Å². The maximum Gasteiger partial charge on any atom is 0.191 e. The van der Waals surface area contributed by atoms with Crippen molar-refractivity contribution in [3.8, 4) is 0 Å². The van der Waals surface area contributed by atoms with Gasteiger partial charge in [-0.3, -0.25) is 4.98 Å². The van der Waals surface area contributed by atoms with E-state index in [1.807, 2.05) is 24.3 Å². The van der Waals surface area contributed by atoms with Gasteiger partial charge in [0.05, 0.1) is 12.2 Å². The van der Waals surface area contributed by atoms with Gasteiger partial charge in [0.2, 0.25) is 0 Å². The van der Waals surface area contributed by atoms with Gasteiger partial charge in [0, 0.05) is 38.6 Å². The molecule has 0 aliphatic heterocycles. The monoisotopic (exact) mass is 439 g/mol. The van der Waals surface area contributed by atoms with E-state index in [1.54, 1.807) is 6.20 Å². The minimum Gasteiger partial charge on any atom is -0.373 e. The second-order valence-corrected chi connectivity index (χ2v) is 5.20. The standard InChI is InChI=1S/C18H25N5.HI/c1-3-19-18(22-15-16-9-7-8-12-20-16)21-13-14-23(2)17-10-5-4-6-11-17;/h4-12H,3,13-15H2,1-2H3,(H2,19,21,22);1H. The summed E-state index contributed by atoms with van der Waals surface area (Å²) >= 11 is 0. The largest absolute Gasteiger partial charge is 0.373 e. The predicted octanol–water partition coefficient (Wildman–Crippen LogP) is 2.89. The molecule has 2 aromatic rings. The van der Waals surface area contributed by atoms with Crippen molar-refractivity contribution >= 4 is 35.6 Å². The highest BCUT2D eigenvalue weighted by Crippen LogP contribution is 2.09. The molecule has 2 rings (SSSR count). The maximum absolute atomic E-state index is 4.57. The molecule has 0 aliphatic carbocycles. The van der Waals surface area contributed by atoms with Gasteiger partial charge in [-0.25, -0.2) is 4.99 Å². The first-order chi connectivity index (χ1) is 11.3. The van der Waals surface area contributed by atoms with Gasteiger partial charge in [-0.05, 0) is 31.2 Å². The Morgan fingerprint density at radius 1 is 1.08 bits per heavy atom. The molecule has 0 fully saturated rings. The van der Waals surface area contributed by atoms with Crippen molar-refractivity contribution in [1.29, 1.82) is 0 Å². The summed E-state index contributed by atoms with van der Waals surface area (Å²) in [6.45, 7) is 5.19. The number of rotatable bonds is 7. The van der Waals surface area contributed by atoms with Crippen LogP contribution in [0.25, 0.3) is 0 Å². The molecule has 130 valence electrons. The first-order valence-electron chi connectivity index (χ1n) is 7.98. The number of likely N-dealkylation sites (N-methyl/N-ethyl adjacent to an activating group) is 1. The molecule has 0 radical (unpaired) electrons. The number of anilines is 1. The molecule has 0 bridgehead atoms. The summed E-state index contributed by atoms with van der Waals surface area (Å²) in [6, 6.07) is 16.2. The molecule has 2 N–H and O–H groups in total. The van der Waals surface area contributed by atoms with Crippen LogP contribution in [-0.2, 0) is 6.54 Å².